The summed E-state index contributed by atoms with van der Waals surface area (Å²) in [4.78, 5) is 24.5. The number of hydrogen-bond donors (Lipinski definition) is 5. The number of aliphatic hydroxyl groups excluding tert-OH is 1. The lowest BCUT2D eigenvalue weighted by Crippen LogP contribution is -2.52. The van der Waals surface area contributed by atoms with Gasteiger partial charge < -0.3 is 15.5 Å². The van der Waals surface area contributed by atoms with E-state index in [1.807, 2.05) is 0 Å². The number of carbonyl (C=O) groups is 2. The first kappa shape index (κ1) is 20.7. The van der Waals surface area contributed by atoms with Crippen molar-refractivity contribution in [2.75, 3.05) is 5.32 Å². The third-order valence-electron chi connectivity index (χ3n) is 4.39. The van der Waals surface area contributed by atoms with Crippen LogP contribution in [0.25, 0.3) is 0 Å². The van der Waals surface area contributed by atoms with Crippen molar-refractivity contribution in [1.82, 2.24) is 10.9 Å². The molecule has 0 aliphatic rings. The number of aromatic hydroxyl groups is 1. The predicted octanol–water partition coefficient (Wildman–Crippen LogP) is 1.50. The summed E-state index contributed by atoms with van der Waals surface area (Å²) >= 11 is 0. The number of phenols is 1. The van der Waals surface area contributed by atoms with E-state index in [-0.39, 0.29) is 11.3 Å². The van der Waals surface area contributed by atoms with E-state index < -0.39 is 24.0 Å². The molecule has 0 spiro atoms. The maximum atomic E-state index is 12.5. The van der Waals surface area contributed by atoms with Crippen molar-refractivity contribution in [1.29, 1.82) is 5.26 Å². The summed E-state index contributed by atoms with van der Waals surface area (Å²) < 4.78 is 0. The molecule has 8 nitrogen and oxygen atoms in total. The molecule has 2 atom stereocenters. The van der Waals surface area contributed by atoms with Crippen LogP contribution in [0.3, 0.4) is 0 Å². The quantitative estimate of drug-likeness (QED) is 0.498. The number of nitriles is 1. The third kappa shape index (κ3) is 4.78. The molecule has 0 unspecified atom stereocenters. The smallest absolute Gasteiger partial charge is 0.269 e. The molecule has 0 aromatic heterocycles. The van der Waals surface area contributed by atoms with Gasteiger partial charge in [0.15, 0.2) is 0 Å². The van der Waals surface area contributed by atoms with Gasteiger partial charge in [-0.15, -0.1) is 0 Å². The molecule has 2 aromatic carbocycles. The fourth-order valence-electron chi connectivity index (χ4n) is 2.59. The molecule has 2 rings (SSSR count). The second-order valence-corrected chi connectivity index (χ2v) is 6.38. The van der Waals surface area contributed by atoms with Crippen molar-refractivity contribution in [3.05, 3.63) is 58.7 Å². The maximum absolute atomic E-state index is 12.5. The van der Waals surface area contributed by atoms with Gasteiger partial charge >= 0.3 is 0 Å². The number of aliphatic hydroxyl groups is 1. The number of phenolic OH excluding ortho intramolecular Hbond substituents is 1. The van der Waals surface area contributed by atoms with Gasteiger partial charge in [0.2, 0.25) is 0 Å². The van der Waals surface area contributed by atoms with Crippen molar-refractivity contribution in [2.45, 2.75) is 32.9 Å². The number of nitrogens with zero attached hydrogens (tertiary/aromatic N) is 1. The van der Waals surface area contributed by atoms with Gasteiger partial charge in [-0.05, 0) is 62.2 Å². The van der Waals surface area contributed by atoms with Gasteiger partial charge in [-0.25, -0.2) is 0 Å². The van der Waals surface area contributed by atoms with E-state index in [1.54, 1.807) is 26.0 Å². The van der Waals surface area contributed by atoms with Crippen LogP contribution >= 0.6 is 0 Å². The van der Waals surface area contributed by atoms with Gasteiger partial charge in [-0.3, -0.25) is 20.4 Å². The zero-order valence-corrected chi connectivity index (χ0v) is 15.8. The summed E-state index contributed by atoms with van der Waals surface area (Å²) in [6.45, 7) is 5.05. The van der Waals surface area contributed by atoms with Crippen LogP contribution < -0.4 is 16.2 Å². The number of rotatable bonds is 5. The Morgan fingerprint density at radius 2 is 1.82 bits per heavy atom. The highest BCUT2D eigenvalue weighted by Gasteiger charge is 2.25. The van der Waals surface area contributed by atoms with Crippen molar-refractivity contribution in [3.63, 3.8) is 0 Å². The van der Waals surface area contributed by atoms with Crippen LogP contribution in [0.5, 0.6) is 5.75 Å². The summed E-state index contributed by atoms with van der Waals surface area (Å²) in [7, 11) is 0. The Kier molecular flexibility index (Phi) is 6.58. The molecular formula is C20H22N4O4. The number of carbonyl (C=O) groups excluding carboxylic acids is 2. The lowest BCUT2D eigenvalue weighted by atomic mass is 10.0. The minimum absolute atomic E-state index is 0.0749. The Morgan fingerprint density at radius 1 is 1.11 bits per heavy atom. The van der Waals surface area contributed by atoms with Gasteiger partial charge in [0.05, 0.1) is 17.7 Å². The average molecular weight is 382 g/mol. The van der Waals surface area contributed by atoms with E-state index in [0.29, 0.717) is 11.3 Å². The van der Waals surface area contributed by atoms with Crippen LogP contribution in [0.4, 0.5) is 5.69 Å². The minimum Gasteiger partial charge on any atom is -0.508 e. The molecule has 0 saturated heterocycles. The summed E-state index contributed by atoms with van der Waals surface area (Å²) in [6.07, 6.45) is -1.06. The average Bonchev–Trinajstić information content (AvgIpc) is 2.66. The highest BCUT2D eigenvalue weighted by atomic mass is 16.3. The first-order chi connectivity index (χ1) is 13.2. The standard InChI is InChI=1S/C20H22N4O4/c1-11-12(2)17(8-7-15(11)10-21)22-18(13(3)25)20(28)24-23-19(27)14-5-4-6-16(26)9-14/h4-9,13,18,22,25-26H,1-3H3,(H,23,27)(H,24,28)/t13-,18-/m1/s1. The second-order valence-electron chi connectivity index (χ2n) is 6.38. The molecule has 0 aliphatic heterocycles. The summed E-state index contributed by atoms with van der Waals surface area (Å²) in [6, 6.07) is 10.0. The predicted molar refractivity (Wildman–Crippen MR) is 103 cm³/mol. The van der Waals surface area contributed by atoms with Crippen molar-refractivity contribution in [3.8, 4) is 11.8 Å². The van der Waals surface area contributed by atoms with Gasteiger partial charge in [-0.1, -0.05) is 6.07 Å². The van der Waals surface area contributed by atoms with Crippen molar-refractivity contribution >= 4 is 17.5 Å². The van der Waals surface area contributed by atoms with Gasteiger partial charge in [0.25, 0.3) is 11.8 Å². The molecule has 8 heteroatoms. The van der Waals surface area contributed by atoms with Crippen molar-refractivity contribution < 1.29 is 19.8 Å². The first-order valence-corrected chi connectivity index (χ1v) is 8.58. The number of hydrazine groups is 1. The number of nitrogens with one attached hydrogen (secondary N) is 3. The third-order valence-corrected chi connectivity index (χ3v) is 4.39. The molecular weight excluding hydrogens is 360 g/mol. The van der Waals surface area contributed by atoms with Crippen LogP contribution in [0.1, 0.15) is 34.0 Å². The highest BCUT2D eigenvalue weighted by molar-refractivity contribution is 5.96. The lowest BCUT2D eigenvalue weighted by Gasteiger charge is -2.23. The van der Waals surface area contributed by atoms with E-state index in [4.69, 9.17) is 5.26 Å². The molecule has 2 amide bonds. The Balaban J connectivity index is 2.09. The normalized spacial score (nSPS) is 12.4. The minimum atomic E-state index is -1.06. The Labute approximate surface area is 162 Å². The summed E-state index contributed by atoms with van der Waals surface area (Å²) in [5.74, 6) is -1.34. The number of amides is 2. The number of benzene rings is 2. The van der Waals surface area contributed by atoms with E-state index in [1.165, 1.54) is 31.2 Å². The van der Waals surface area contributed by atoms with E-state index in [2.05, 4.69) is 22.2 Å². The van der Waals surface area contributed by atoms with Crippen LogP contribution in [0.15, 0.2) is 36.4 Å². The highest BCUT2D eigenvalue weighted by Crippen LogP contribution is 2.23. The van der Waals surface area contributed by atoms with Crippen LogP contribution in [-0.4, -0.2) is 34.2 Å². The monoisotopic (exact) mass is 382 g/mol. The molecule has 146 valence electrons. The molecule has 0 saturated carbocycles. The van der Waals surface area contributed by atoms with Gasteiger partial charge in [0.1, 0.15) is 11.8 Å². The van der Waals surface area contributed by atoms with Gasteiger partial charge in [0, 0.05) is 11.3 Å². The maximum Gasteiger partial charge on any atom is 0.269 e. The summed E-state index contributed by atoms with van der Waals surface area (Å²) in [5.41, 5.74) is 7.35. The Bertz CT molecular complexity index is 934. The molecule has 0 bridgehead atoms. The number of anilines is 1. The summed E-state index contributed by atoms with van der Waals surface area (Å²) in [5, 5.41) is 31.5. The van der Waals surface area contributed by atoms with E-state index in [0.717, 1.165) is 11.1 Å². The fraction of sp³-hybridized carbons (Fsp3) is 0.250. The molecule has 0 fully saturated rings. The van der Waals surface area contributed by atoms with E-state index >= 15 is 0 Å². The SMILES string of the molecule is Cc1c(C#N)ccc(N[C@@H](C(=O)NNC(=O)c2cccc(O)c2)[C@@H](C)O)c1C. The fourth-order valence-corrected chi connectivity index (χ4v) is 2.59. The molecule has 5 N–H and O–H groups in total. The van der Waals surface area contributed by atoms with Crippen molar-refractivity contribution in [2.24, 2.45) is 0 Å². The number of hydrogen-bond acceptors (Lipinski definition) is 6. The Morgan fingerprint density at radius 3 is 2.43 bits per heavy atom. The van der Waals surface area contributed by atoms with Crippen LogP contribution in [0, 0.1) is 25.2 Å². The van der Waals surface area contributed by atoms with E-state index in [9.17, 15) is 19.8 Å². The lowest BCUT2D eigenvalue weighted by molar-refractivity contribution is -0.124. The zero-order chi connectivity index (χ0) is 20.8. The van der Waals surface area contributed by atoms with Crippen LogP contribution in [0.2, 0.25) is 0 Å². The Hall–Kier alpha value is -3.57. The second kappa shape index (κ2) is 8.88. The van der Waals surface area contributed by atoms with Gasteiger partial charge in [-0.2, -0.15) is 5.26 Å². The molecule has 2 aromatic rings. The molecule has 28 heavy (non-hydrogen) atoms. The molecule has 0 radical (unpaired) electrons. The molecule has 0 aliphatic carbocycles. The van der Waals surface area contributed by atoms with Crippen LogP contribution in [-0.2, 0) is 4.79 Å². The first-order valence-electron chi connectivity index (χ1n) is 8.58. The molecule has 0 heterocycles. The topological polar surface area (TPSA) is 134 Å². The zero-order valence-electron chi connectivity index (χ0n) is 15.8. The largest absolute Gasteiger partial charge is 0.508 e.